The van der Waals surface area contributed by atoms with Crippen molar-refractivity contribution in [2.45, 2.75) is 19.8 Å². The van der Waals surface area contributed by atoms with Gasteiger partial charge in [-0.3, -0.25) is 10.1 Å². The minimum absolute atomic E-state index is 0.193. The van der Waals surface area contributed by atoms with E-state index in [1.807, 2.05) is 53.9 Å². The lowest BCUT2D eigenvalue weighted by Crippen LogP contribution is -2.16. The summed E-state index contributed by atoms with van der Waals surface area (Å²) in [5.74, 6) is 1.61. The van der Waals surface area contributed by atoms with Gasteiger partial charge in [0.15, 0.2) is 0 Å². The number of nitrogens with zero attached hydrogens (tertiary/aromatic N) is 3. The van der Waals surface area contributed by atoms with Crippen LogP contribution in [0.25, 0.3) is 16.2 Å². The molecular weight excluding hydrogens is 400 g/mol. The number of carbonyl (C=O) groups is 1. The summed E-state index contributed by atoms with van der Waals surface area (Å²) in [7, 11) is 1.63. The van der Waals surface area contributed by atoms with E-state index in [-0.39, 0.29) is 24.9 Å². The van der Waals surface area contributed by atoms with Crippen molar-refractivity contribution in [2.24, 2.45) is 0 Å². The number of rotatable bonds is 8. The molecule has 0 atom stereocenters. The van der Waals surface area contributed by atoms with Gasteiger partial charge in [-0.1, -0.05) is 31.2 Å². The molecule has 0 saturated heterocycles. The molecule has 2 heterocycles. The summed E-state index contributed by atoms with van der Waals surface area (Å²) in [6.07, 6.45) is 1.20. The molecule has 0 bridgehead atoms. The van der Waals surface area contributed by atoms with Gasteiger partial charge in [-0.25, -0.2) is 4.52 Å². The van der Waals surface area contributed by atoms with Gasteiger partial charge in [-0.2, -0.15) is 4.98 Å². The molecule has 2 aromatic heterocycles. The van der Waals surface area contributed by atoms with E-state index in [1.54, 1.807) is 11.6 Å². The molecule has 0 aliphatic heterocycles. The molecule has 1 amide bonds. The molecule has 0 radical (unpaired) electrons. The van der Waals surface area contributed by atoms with Crippen LogP contribution in [0.2, 0.25) is 0 Å². The van der Waals surface area contributed by atoms with Gasteiger partial charge in [0.05, 0.1) is 25.8 Å². The monoisotopic (exact) mass is 422 g/mol. The fourth-order valence-corrected chi connectivity index (χ4v) is 3.82. The van der Waals surface area contributed by atoms with Crippen molar-refractivity contribution in [2.75, 3.05) is 19.0 Å². The second-order valence-corrected chi connectivity index (χ2v) is 7.46. The molecule has 2 aromatic carbocycles. The van der Waals surface area contributed by atoms with Gasteiger partial charge in [-0.15, -0.1) is 16.4 Å². The number of hydrogen-bond acceptors (Lipinski definition) is 6. The first kappa shape index (κ1) is 19.9. The third-order valence-electron chi connectivity index (χ3n) is 4.63. The molecule has 0 spiro atoms. The predicted molar refractivity (Wildman–Crippen MR) is 117 cm³/mol. The lowest BCUT2D eigenvalue weighted by molar-refractivity contribution is -0.116. The first-order valence-electron chi connectivity index (χ1n) is 9.66. The normalized spacial score (nSPS) is 10.9. The SMILES string of the molecule is CCc1ccc(OCCC(=O)Nc2nc3scc(-c4cccc(OC)c4)n3n2)cc1. The highest BCUT2D eigenvalue weighted by Crippen LogP contribution is 2.28. The van der Waals surface area contributed by atoms with Crippen LogP contribution in [0.1, 0.15) is 18.9 Å². The molecule has 1 N–H and O–H groups in total. The first-order valence-corrected chi connectivity index (χ1v) is 10.5. The summed E-state index contributed by atoms with van der Waals surface area (Å²) in [4.78, 5) is 17.3. The van der Waals surface area contributed by atoms with Gasteiger partial charge in [0.1, 0.15) is 11.5 Å². The van der Waals surface area contributed by atoms with Gasteiger partial charge < -0.3 is 9.47 Å². The number of anilines is 1. The molecule has 7 nitrogen and oxygen atoms in total. The Morgan fingerprint density at radius 2 is 2.00 bits per heavy atom. The standard InChI is InChI=1S/C22H22N4O3S/c1-3-15-7-9-17(10-8-15)29-12-11-20(27)23-21-24-22-26(25-21)19(14-30-22)16-5-4-6-18(13-16)28-2/h4-10,13-14H,3,11-12H2,1-2H3,(H,23,25,27). The Labute approximate surface area is 178 Å². The smallest absolute Gasteiger partial charge is 0.250 e. The molecular formula is C22H22N4O3S. The van der Waals surface area contributed by atoms with Crippen LogP contribution in [0.3, 0.4) is 0 Å². The number of amides is 1. The van der Waals surface area contributed by atoms with Crippen LogP contribution in [0.4, 0.5) is 5.95 Å². The Kier molecular flexibility index (Phi) is 5.94. The number of carbonyl (C=O) groups excluding carboxylic acids is 1. The molecule has 0 fully saturated rings. The summed E-state index contributed by atoms with van der Waals surface area (Å²) < 4.78 is 12.7. The summed E-state index contributed by atoms with van der Waals surface area (Å²) in [5, 5.41) is 9.15. The van der Waals surface area contributed by atoms with Crippen LogP contribution >= 0.6 is 11.3 Å². The molecule has 4 aromatic rings. The number of thiazole rings is 1. The van der Waals surface area contributed by atoms with E-state index in [9.17, 15) is 4.79 Å². The zero-order valence-corrected chi connectivity index (χ0v) is 17.6. The van der Waals surface area contributed by atoms with Crippen LogP contribution in [-0.2, 0) is 11.2 Å². The lowest BCUT2D eigenvalue weighted by Gasteiger charge is -2.06. The summed E-state index contributed by atoms with van der Waals surface area (Å²) in [6.45, 7) is 2.39. The van der Waals surface area contributed by atoms with Gasteiger partial charge in [0, 0.05) is 10.9 Å². The average molecular weight is 423 g/mol. The molecule has 0 saturated carbocycles. The third-order valence-corrected chi connectivity index (χ3v) is 5.44. The van der Waals surface area contributed by atoms with Gasteiger partial charge in [0.25, 0.3) is 0 Å². The van der Waals surface area contributed by atoms with Crippen LogP contribution in [-0.4, -0.2) is 34.2 Å². The largest absolute Gasteiger partial charge is 0.497 e. The summed E-state index contributed by atoms with van der Waals surface area (Å²) in [5.41, 5.74) is 3.10. The molecule has 0 aliphatic carbocycles. The zero-order chi connectivity index (χ0) is 20.9. The van der Waals surface area contributed by atoms with E-state index < -0.39 is 0 Å². The number of methoxy groups -OCH3 is 1. The van der Waals surface area contributed by atoms with E-state index in [0.29, 0.717) is 4.96 Å². The van der Waals surface area contributed by atoms with Crippen molar-refractivity contribution in [3.05, 3.63) is 59.5 Å². The van der Waals surface area contributed by atoms with Gasteiger partial charge in [0.2, 0.25) is 16.8 Å². The number of fused-ring (bicyclic) bond motifs is 1. The molecule has 0 aliphatic rings. The summed E-state index contributed by atoms with van der Waals surface area (Å²) in [6, 6.07) is 15.6. The Morgan fingerprint density at radius 1 is 1.17 bits per heavy atom. The highest BCUT2D eigenvalue weighted by molar-refractivity contribution is 7.15. The quantitative estimate of drug-likeness (QED) is 0.454. The minimum atomic E-state index is -0.193. The Bertz CT molecular complexity index is 1150. The second kappa shape index (κ2) is 8.96. The number of aryl methyl sites for hydroxylation is 1. The fraction of sp³-hybridized carbons (Fsp3) is 0.227. The van der Waals surface area contributed by atoms with Crippen molar-refractivity contribution < 1.29 is 14.3 Å². The maximum Gasteiger partial charge on any atom is 0.250 e. The Hall–Kier alpha value is -3.39. The molecule has 154 valence electrons. The van der Waals surface area contributed by atoms with Crippen molar-refractivity contribution in [1.82, 2.24) is 14.6 Å². The molecule has 8 heteroatoms. The minimum Gasteiger partial charge on any atom is -0.497 e. The van der Waals surface area contributed by atoms with Crippen molar-refractivity contribution in [3.8, 4) is 22.8 Å². The van der Waals surface area contributed by atoms with Crippen molar-refractivity contribution in [1.29, 1.82) is 0 Å². The maximum atomic E-state index is 12.2. The number of nitrogens with one attached hydrogen (secondary N) is 1. The van der Waals surface area contributed by atoms with E-state index in [4.69, 9.17) is 9.47 Å². The van der Waals surface area contributed by atoms with Gasteiger partial charge in [-0.05, 0) is 36.2 Å². The van der Waals surface area contributed by atoms with Gasteiger partial charge >= 0.3 is 0 Å². The number of hydrogen-bond donors (Lipinski definition) is 1. The Morgan fingerprint density at radius 3 is 2.77 bits per heavy atom. The maximum absolute atomic E-state index is 12.2. The van der Waals surface area contributed by atoms with Crippen molar-refractivity contribution in [3.63, 3.8) is 0 Å². The van der Waals surface area contributed by atoms with Crippen molar-refractivity contribution >= 4 is 28.2 Å². The summed E-state index contributed by atoms with van der Waals surface area (Å²) >= 11 is 1.46. The molecule has 30 heavy (non-hydrogen) atoms. The first-order chi connectivity index (χ1) is 14.7. The van der Waals surface area contributed by atoms with Crippen LogP contribution in [0, 0.1) is 0 Å². The average Bonchev–Trinajstić information content (AvgIpc) is 3.34. The van der Waals surface area contributed by atoms with Crippen LogP contribution in [0.15, 0.2) is 53.9 Å². The van der Waals surface area contributed by atoms with Crippen LogP contribution < -0.4 is 14.8 Å². The number of aromatic nitrogens is 3. The zero-order valence-electron chi connectivity index (χ0n) is 16.8. The molecule has 4 rings (SSSR count). The highest BCUT2D eigenvalue weighted by Gasteiger charge is 2.14. The van der Waals surface area contributed by atoms with E-state index in [1.165, 1.54) is 16.9 Å². The van der Waals surface area contributed by atoms with E-state index in [2.05, 4.69) is 22.3 Å². The van der Waals surface area contributed by atoms with Crippen LogP contribution in [0.5, 0.6) is 11.5 Å². The highest BCUT2D eigenvalue weighted by atomic mass is 32.1. The number of benzene rings is 2. The fourth-order valence-electron chi connectivity index (χ4n) is 2.99. The predicted octanol–water partition coefficient (Wildman–Crippen LogP) is 4.44. The third kappa shape index (κ3) is 4.44. The van der Waals surface area contributed by atoms with E-state index in [0.717, 1.165) is 29.2 Å². The Balaban J connectivity index is 1.37. The topological polar surface area (TPSA) is 77.8 Å². The molecule has 0 unspecified atom stereocenters. The van der Waals surface area contributed by atoms with E-state index >= 15 is 0 Å². The lowest BCUT2D eigenvalue weighted by atomic mass is 10.2. The second-order valence-electron chi connectivity index (χ2n) is 6.63. The number of ether oxygens (including phenoxy) is 2.